The standard InChI is InChI=1S/C19H15ClN4O3/c1-25-14-6-3-12(4-7-14)19-22-21-17-9-10-18(23-24(17)19)27-15-8-5-13(20)11-16(15)26-2/h3-11H,1-2H3. The van der Waals surface area contributed by atoms with E-state index in [1.807, 2.05) is 24.3 Å². The van der Waals surface area contributed by atoms with Crippen molar-refractivity contribution in [2.24, 2.45) is 0 Å². The first-order chi connectivity index (χ1) is 13.2. The van der Waals surface area contributed by atoms with E-state index >= 15 is 0 Å². The Morgan fingerprint density at radius 2 is 1.67 bits per heavy atom. The zero-order chi connectivity index (χ0) is 18.8. The summed E-state index contributed by atoms with van der Waals surface area (Å²) < 4.78 is 18.0. The number of ether oxygens (including phenoxy) is 3. The van der Waals surface area contributed by atoms with Crippen LogP contribution in [-0.2, 0) is 0 Å². The zero-order valence-corrected chi connectivity index (χ0v) is 15.3. The summed E-state index contributed by atoms with van der Waals surface area (Å²) in [6.07, 6.45) is 0. The molecule has 0 saturated heterocycles. The third-order valence-corrected chi connectivity index (χ3v) is 4.16. The van der Waals surface area contributed by atoms with Gasteiger partial charge in [0.25, 0.3) is 0 Å². The highest BCUT2D eigenvalue weighted by Gasteiger charge is 2.12. The van der Waals surface area contributed by atoms with Gasteiger partial charge in [0.1, 0.15) is 5.75 Å². The molecule has 8 heteroatoms. The van der Waals surface area contributed by atoms with Gasteiger partial charge >= 0.3 is 0 Å². The summed E-state index contributed by atoms with van der Waals surface area (Å²) in [5, 5.41) is 13.4. The van der Waals surface area contributed by atoms with Crippen LogP contribution < -0.4 is 14.2 Å². The van der Waals surface area contributed by atoms with Gasteiger partial charge in [-0.1, -0.05) is 11.6 Å². The topological polar surface area (TPSA) is 70.8 Å². The molecule has 0 saturated carbocycles. The Kier molecular flexibility index (Phi) is 4.52. The minimum atomic E-state index is 0.373. The number of rotatable bonds is 5. The normalized spacial score (nSPS) is 10.8. The van der Waals surface area contributed by atoms with Gasteiger partial charge in [-0.3, -0.25) is 0 Å². The molecule has 7 nitrogen and oxygen atoms in total. The summed E-state index contributed by atoms with van der Waals surface area (Å²) in [5.41, 5.74) is 1.47. The van der Waals surface area contributed by atoms with Crippen molar-refractivity contribution in [1.29, 1.82) is 0 Å². The number of aromatic nitrogens is 4. The van der Waals surface area contributed by atoms with Crippen molar-refractivity contribution in [3.05, 3.63) is 59.6 Å². The second kappa shape index (κ2) is 7.13. The predicted molar refractivity (Wildman–Crippen MR) is 101 cm³/mol. The number of hydrogen-bond acceptors (Lipinski definition) is 6. The number of nitrogens with zero attached hydrogens (tertiary/aromatic N) is 4. The molecule has 0 atom stereocenters. The number of benzene rings is 2. The highest BCUT2D eigenvalue weighted by atomic mass is 35.5. The lowest BCUT2D eigenvalue weighted by atomic mass is 10.2. The second-order valence-corrected chi connectivity index (χ2v) is 6.03. The lowest BCUT2D eigenvalue weighted by molar-refractivity contribution is 0.372. The Balaban J connectivity index is 1.71. The Morgan fingerprint density at radius 1 is 0.852 bits per heavy atom. The van der Waals surface area contributed by atoms with Crippen molar-refractivity contribution >= 4 is 17.2 Å². The van der Waals surface area contributed by atoms with E-state index in [1.54, 1.807) is 49.1 Å². The third-order valence-electron chi connectivity index (χ3n) is 3.93. The van der Waals surface area contributed by atoms with Crippen LogP contribution in [0.2, 0.25) is 5.02 Å². The minimum absolute atomic E-state index is 0.373. The maximum absolute atomic E-state index is 5.99. The summed E-state index contributed by atoms with van der Waals surface area (Å²) in [5.74, 6) is 2.76. The average Bonchev–Trinajstić information content (AvgIpc) is 3.12. The lowest BCUT2D eigenvalue weighted by Gasteiger charge is -2.10. The lowest BCUT2D eigenvalue weighted by Crippen LogP contribution is -1.99. The highest BCUT2D eigenvalue weighted by molar-refractivity contribution is 6.30. The first kappa shape index (κ1) is 17.1. The quantitative estimate of drug-likeness (QED) is 0.513. The van der Waals surface area contributed by atoms with Crippen LogP contribution in [0.1, 0.15) is 0 Å². The molecule has 0 unspecified atom stereocenters. The van der Waals surface area contributed by atoms with Crippen LogP contribution in [0.3, 0.4) is 0 Å². The number of halogens is 1. The van der Waals surface area contributed by atoms with Crippen LogP contribution in [0.4, 0.5) is 0 Å². The van der Waals surface area contributed by atoms with Crippen molar-refractivity contribution in [3.8, 4) is 34.5 Å². The van der Waals surface area contributed by atoms with Crippen molar-refractivity contribution < 1.29 is 14.2 Å². The number of methoxy groups -OCH3 is 2. The number of fused-ring (bicyclic) bond motifs is 1. The summed E-state index contributed by atoms with van der Waals surface area (Å²) >= 11 is 5.99. The molecular formula is C19H15ClN4O3. The molecule has 27 heavy (non-hydrogen) atoms. The largest absolute Gasteiger partial charge is 0.497 e. The Bertz CT molecular complexity index is 1100. The van der Waals surface area contributed by atoms with Gasteiger partial charge in [0, 0.05) is 22.7 Å². The highest BCUT2D eigenvalue weighted by Crippen LogP contribution is 2.33. The summed E-state index contributed by atoms with van der Waals surface area (Å²) in [6, 6.07) is 16.1. The van der Waals surface area contributed by atoms with Crippen LogP contribution in [0.25, 0.3) is 17.0 Å². The van der Waals surface area contributed by atoms with E-state index in [2.05, 4.69) is 15.3 Å². The molecule has 0 fully saturated rings. The Labute approximate surface area is 160 Å². The summed E-state index contributed by atoms with van der Waals surface area (Å²) in [6.45, 7) is 0. The molecule has 0 bridgehead atoms. The van der Waals surface area contributed by atoms with Crippen molar-refractivity contribution in [2.45, 2.75) is 0 Å². The molecule has 4 aromatic rings. The van der Waals surface area contributed by atoms with E-state index in [0.29, 0.717) is 33.9 Å². The molecular weight excluding hydrogens is 368 g/mol. The molecule has 0 aliphatic rings. The van der Waals surface area contributed by atoms with E-state index in [1.165, 1.54) is 0 Å². The van der Waals surface area contributed by atoms with Gasteiger partial charge in [-0.05, 0) is 42.5 Å². The molecule has 2 aromatic carbocycles. The van der Waals surface area contributed by atoms with E-state index in [9.17, 15) is 0 Å². The number of hydrogen-bond donors (Lipinski definition) is 0. The van der Waals surface area contributed by atoms with E-state index in [-0.39, 0.29) is 0 Å². The SMILES string of the molecule is COc1ccc(-c2nnc3ccc(Oc4ccc(Cl)cc4OC)nn23)cc1. The average molecular weight is 383 g/mol. The zero-order valence-electron chi connectivity index (χ0n) is 14.6. The van der Waals surface area contributed by atoms with Crippen molar-refractivity contribution in [1.82, 2.24) is 19.8 Å². The van der Waals surface area contributed by atoms with E-state index in [4.69, 9.17) is 25.8 Å². The summed E-state index contributed by atoms with van der Waals surface area (Å²) in [7, 11) is 3.17. The predicted octanol–water partition coefficient (Wildman–Crippen LogP) is 4.25. The molecule has 2 heterocycles. The second-order valence-electron chi connectivity index (χ2n) is 5.59. The van der Waals surface area contributed by atoms with E-state index < -0.39 is 0 Å². The minimum Gasteiger partial charge on any atom is -0.497 e. The Morgan fingerprint density at radius 3 is 2.41 bits per heavy atom. The maximum Gasteiger partial charge on any atom is 0.237 e. The molecule has 4 rings (SSSR count). The van der Waals surface area contributed by atoms with Crippen LogP contribution in [0, 0.1) is 0 Å². The molecule has 0 radical (unpaired) electrons. The van der Waals surface area contributed by atoms with Crippen molar-refractivity contribution in [2.75, 3.05) is 14.2 Å². The summed E-state index contributed by atoms with van der Waals surface area (Å²) in [4.78, 5) is 0. The molecule has 0 amide bonds. The molecule has 0 aliphatic heterocycles. The molecule has 0 N–H and O–H groups in total. The van der Waals surface area contributed by atoms with Gasteiger partial charge in [-0.25, -0.2) is 0 Å². The maximum atomic E-state index is 5.99. The fraction of sp³-hybridized carbons (Fsp3) is 0.105. The van der Waals surface area contributed by atoms with Crippen molar-refractivity contribution in [3.63, 3.8) is 0 Å². The van der Waals surface area contributed by atoms with Gasteiger partial charge < -0.3 is 14.2 Å². The van der Waals surface area contributed by atoms with Gasteiger partial charge in [-0.2, -0.15) is 4.52 Å². The van der Waals surface area contributed by atoms with Crippen LogP contribution >= 0.6 is 11.6 Å². The monoisotopic (exact) mass is 382 g/mol. The fourth-order valence-electron chi connectivity index (χ4n) is 2.58. The molecule has 0 spiro atoms. The third kappa shape index (κ3) is 3.37. The first-order valence-electron chi connectivity index (χ1n) is 8.06. The molecule has 136 valence electrons. The molecule has 0 aliphatic carbocycles. The van der Waals surface area contributed by atoms with Gasteiger partial charge in [-0.15, -0.1) is 15.3 Å². The molecule has 2 aromatic heterocycles. The van der Waals surface area contributed by atoms with Gasteiger partial charge in [0.05, 0.1) is 14.2 Å². The van der Waals surface area contributed by atoms with Crippen LogP contribution in [-0.4, -0.2) is 34.0 Å². The Hall–Kier alpha value is -3.32. The van der Waals surface area contributed by atoms with Crippen LogP contribution in [0.5, 0.6) is 23.1 Å². The smallest absolute Gasteiger partial charge is 0.237 e. The van der Waals surface area contributed by atoms with Gasteiger partial charge in [0.2, 0.25) is 5.88 Å². The first-order valence-corrected chi connectivity index (χ1v) is 8.44. The fourth-order valence-corrected chi connectivity index (χ4v) is 2.75. The van der Waals surface area contributed by atoms with Crippen LogP contribution in [0.15, 0.2) is 54.6 Å². The van der Waals surface area contributed by atoms with Gasteiger partial charge in [0.15, 0.2) is 23.0 Å². The van der Waals surface area contributed by atoms with E-state index in [0.717, 1.165) is 11.3 Å².